The third kappa shape index (κ3) is 2.59. The van der Waals surface area contributed by atoms with Crippen molar-refractivity contribution in [2.24, 2.45) is 0 Å². The minimum absolute atomic E-state index is 0.288. The monoisotopic (exact) mass is 217 g/mol. The van der Waals surface area contributed by atoms with Crippen LogP contribution >= 0.6 is 0 Å². The van der Waals surface area contributed by atoms with Crippen LogP contribution in [0.25, 0.3) is 0 Å². The Balaban J connectivity index is 1.95. The predicted octanol–water partition coefficient (Wildman–Crippen LogP) is 2.81. The second kappa shape index (κ2) is 4.79. The van der Waals surface area contributed by atoms with Crippen LogP contribution in [0.3, 0.4) is 0 Å². The van der Waals surface area contributed by atoms with Crippen molar-refractivity contribution in [1.29, 1.82) is 0 Å². The van der Waals surface area contributed by atoms with Gasteiger partial charge in [-0.25, -0.2) is 0 Å². The van der Waals surface area contributed by atoms with Crippen molar-refractivity contribution in [2.45, 2.75) is 26.3 Å². The standard InChI is InChI=1S/C12H15N3O/c1-9(2)11-14-12(16-15-11)13-8-10-6-4-3-5-7-10/h3-7,9H,8H2,1-2H3,(H,13,14,15). The van der Waals surface area contributed by atoms with Crippen LogP contribution in [0.15, 0.2) is 34.9 Å². The molecule has 0 radical (unpaired) electrons. The Labute approximate surface area is 94.7 Å². The van der Waals surface area contributed by atoms with Crippen molar-refractivity contribution in [1.82, 2.24) is 10.1 Å². The maximum atomic E-state index is 5.08. The van der Waals surface area contributed by atoms with E-state index in [9.17, 15) is 0 Å². The molecule has 16 heavy (non-hydrogen) atoms. The number of nitrogens with one attached hydrogen (secondary N) is 1. The van der Waals surface area contributed by atoms with E-state index >= 15 is 0 Å². The van der Waals surface area contributed by atoms with Gasteiger partial charge in [-0.05, 0) is 5.56 Å². The Morgan fingerprint density at radius 1 is 1.25 bits per heavy atom. The zero-order chi connectivity index (χ0) is 11.4. The number of anilines is 1. The smallest absolute Gasteiger partial charge is 0.321 e. The van der Waals surface area contributed by atoms with Gasteiger partial charge in [0.1, 0.15) is 0 Å². The van der Waals surface area contributed by atoms with E-state index in [4.69, 9.17) is 4.52 Å². The van der Waals surface area contributed by atoms with Crippen molar-refractivity contribution in [3.05, 3.63) is 41.7 Å². The fraction of sp³-hybridized carbons (Fsp3) is 0.333. The number of benzene rings is 1. The summed E-state index contributed by atoms with van der Waals surface area (Å²) in [6.07, 6.45) is 0. The van der Waals surface area contributed by atoms with Crippen molar-refractivity contribution >= 4 is 6.01 Å². The average molecular weight is 217 g/mol. The van der Waals surface area contributed by atoms with Gasteiger partial charge in [0.25, 0.3) is 0 Å². The summed E-state index contributed by atoms with van der Waals surface area (Å²) < 4.78 is 5.08. The summed E-state index contributed by atoms with van der Waals surface area (Å²) in [6, 6.07) is 10.6. The van der Waals surface area contributed by atoms with Crippen LogP contribution in [-0.4, -0.2) is 10.1 Å². The van der Waals surface area contributed by atoms with E-state index in [-0.39, 0.29) is 5.92 Å². The van der Waals surface area contributed by atoms with E-state index in [2.05, 4.69) is 15.5 Å². The highest BCUT2D eigenvalue weighted by molar-refractivity contribution is 5.24. The van der Waals surface area contributed by atoms with Gasteiger partial charge in [0.05, 0.1) is 0 Å². The van der Waals surface area contributed by atoms with Gasteiger partial charge in [-0.1, -0.05) is 49.3 Å². The second-order valence-electron chi connectivity index (χ2n) is 3.95. The molecule has 2 aromatic rings. The van der Waals surface area contributed by atoms with Crippen molar-refractivity contribution in [3.63, 3.8) is 0 Å². The number of nitrogens with zero attached hydrogens (tertiary/aromatic N) is 2. The molecule has 0 bridgehead atoms. The predicted molar refractivity (Wildman–Crippen MR) is 62.2 cm³/mol. The van der Waals surface area contributed by atoms with Gasteiger partial charge in [-0.3, -0.25) is 0 Å². The Morgan fingerprint density at radius 3 is 2.62 bits per heavy atom. The molecule has 0 aliphatic heterocycles. The summed E-state index contributed by atoms with van der Waals surface area (Å²) in [4.78, 5) is 4.24. The first kappa shape index (κ1) is 10.7. The minimum atomic E-state index is 0.288. The Bertz CT molecular complexity index is 437. The molecule has 0 fully saturated rings. The minimum Gasteiger partial charge on any atom is -0.334 e. The lowest BCUT2D eigenvalue weighted by Gasteiger charge is -2.00. The maximum Gasteiger partial charge on any atom is 0.321 e. The fourth-order valence-electron chi connectivity index (χ4n) is 1.31. The summed E-state index contributed by atoms with van der Waals surface area (Å²) in [7, 11) is 0. The Morgan fingerprint density at radius 2 is 2.00 bits per heavy atom. The quantitative estimate of drug-likeness (QED) is 0.855. The molecule has 0 atom stereocenters. The summed E-state index contributed by atoms with van der Waals surface area (Å²) in [5.74, 6) is 1.02. The van der Waals surface area contributed by atoms with E-state index in [1.54, 1.807) is 0 Å². The molecule has 0 saturated heterocycles. The number of rotatable bonds is 4. The van der Waals surface area contributed by atoms with Crippen LogP contribution in [0.4, 0.5) is 6.01 Å². The topological polar surface area (TPSA) is 51.0 Å². The molecule has 0 aliphatic carbocycles. The molecule has 0 saturated carbocycles. The number of hydrogen-bond donors (Lipinski definition) is 1. The molecule has 1 aromatic heterocycles. The van der Waals surface area contributed by atoms with Gasteiger partial charge in [-0.2, -0.15) is 4.98 Å². The molecule has 2 rings (SSSR count). The van der Waals surface area contributed by atoms with Crippen LogP contribution < -0.4 is 5.32 Å². The third-order valence-electron chi connectivity index (χ3n) is 2.24. The normalized spacial score (nSPS) is 10.7. The average Bonchev–Trinajstić information content (AvgIpc) is 2.76. The zero-order valence-electron chi connectivity index (χ0n) is 9.47. The van der Waals surface area contributed by atoms with Crippen molar-refractivity contribution in [3.8, 4) is 0 Å². The third-order valence-corrected chi connectivity index (χ3v) is 2.24. The second-order valence-corrected chi connectivity index (χ2v) is 3.95. The maximum absolute atomic E-state index is 5.08. The first-order valence-corrected chi connectivity index (χ1v) is 5.37. The van der Waals surface area contributed by atoms with Crippen LogP contribution in [0, 0.1) is 0 Å². The summed E-state index contributed by atoms with van der Waals surface area (Å²) >= 11 is 0. The van der Waals surface area contributed by atoms with Gasteiger partial charge in [0.2, 0.25) is 0 Å². The van der Waals surface area contributed by atoms with E-state index in [1.165, 1.54) is 5.56 Å². The van der Waals surface area contributed by atoms with E-state index < -0.39 is 0 Å². The molecule has 84 valence electrons. The fourth-order valence-corrected chi connectivity index (χ4v) is 1.31. The highest BCUT2D eigenvalue weighted by Gasteiger charge is 2.08. The molecule has 0 amide bonds. The lowest BCUT2D eigenvalue weighted by molar-refractivity contribution is 0.419. The Hall–Kier alpha value is -1.84. The van der Waals surface area contributed by atoms with Gasteiger partial charge in [0, 0.05) is 12.5 Å². The molecule has 1 N–H and O–H groups in total. The van der Waals surface area contributed by atoms with Crippen LogP contribution in [0.5, 0.6) is 0 Å². The summed E-state index contributed by atoms with van der Waals surface area (Å²) in [5.41, 5.74) is 1.19. The lowest BCUT2D eigenvalue weighted by Crippen LogP contribution is -1.99. The van der Waals surface area contributed by atoms with Crippen LogP contribution in [0.2, 0.25) is 0 Å². The molecule has 1 heterocycles. The zero-order valence-corrected chi connectivity index (χ0v) is 9.47. The first-order valence-electron chi connectivity index (χ1n) is 5.37. The van der Waals surface area contributed by atoms with E-state index in [1.807, 2.05) is 44.2 Å². The summed E-state index contributed by atoms with van der Waals surface area (Å²) in [6.45, 7) is 4.76. The van der Waals surface area contributed by atoms with Gasteiger partial charge in [-0.15, -0.1) is 0 Å². The molecule has 0 unspecified atom stereocenters. The molecule has 4 nitrogen and oxygen atoms in total. The lowest BCUT2D eigenvalue weighted by atomic mass is 10.2. The SMILES string of the molecule is CC(C)c1noc(NCc2ccccc2)n1. The molecule has 1 aromatic carbocycles. The first-order chi connectivity index (χ1) is 7.75. The number of aromatic nitrogens is 2. The number of hydrogen-bond acceptors (Lipinski definition) is 4. The Kier molecular flexibility index (Phi) is 3.19. The van der Waals surface area contributed by atoms with E-state index in [0.29, 0.717) is 12.6 Å². The van der Waals surface area contributed by atoms with Crippen molar-refractivity contribution < 1.29 is 4.52 Å². The van der Waals surface area contributed by atoms with Gasteiger partial charge < -0.3 is 9.84 Å². The van der Waals surface area contributed by atoms with Gasteiger partial charge >= 0.3 is 6.01 Å². The molecular weight excluding hydrogens is 202 g/mol. The van der Waals surface area contributed by atoms with Crippen molar-refractivity contribution in [2.75, 3.05) is 5.32 Å². The molecule has 4 heteroatoms. The van der Waals surface area contributed by atoms with Crippen LogP contribution in [-0.2, 0) is 6.54 Å². The van der Waals surface area contributed by atoms with Gasteiger partial charge in [0.15, 0.2) is 5.82 Å². The molecule has 0 aliphatic rings. The largest absolute Gasteiger partial charge is 0.334 e. The molecular formula is C12H15N3O. The highest BCUT2D eigenvalue weighted by Crippen LogP contribution is 2.13. The molecule has 0 spiro atoms. The highest BCUT2D eigenvalue weighted by atomic mass is 16.5. The van der Waals surface area contributed by atoms with E-state index in [0.717, 1.165) is 5.82 Å². The van der Waals surface area contributed by atoms with Crippen LogP contribution in [0.1, 0.15) is 31.2 Å². The summed E-state index contributed by atoms with van der Waals surface area (Å²) in [5, 5.41) is 6.98.